The molecule has 2 aliphatic rings. The van der Waals surface area contributed by atoms with Gasteiger partial charge in [0.05, 0.1) is 4.90 Å². The molecule has 6 nitrogen and oxygen atoms in total. The van der Waals surface area contributed by atoms with Gasteiger partial charge in [0.2, 0.25) is 10.0 Å². The van der Waals surface area contributed by atoms with E-state index in [2.05, 4.69) is 17.6 Å². The number of amides is 1. The van der Waals surface area contributed by atoms with Gasteiger partial charge in [-0.05, 0) is 62.9 Å². The van der Waals surface area contributed by atoms with Gasteiger partial charge in [-0.3, -0.25) is 4.79 Å². The van der Waals surface area contributed by atoms with Gasteiger partial charge < -0.3 is 10.6 Å². The van der Waals surface area contributed by atoms with Crippen LogP contribution in [0.2, 0.25) is 0 Å². The normalized spacial score (nSPS) is 26.8. The molecule has 0 spiro atoms. The third-order valence-corrected chi connectivity index (χ3v) is 7.64. The SMILES string of the molecule is CC1CCNCC1NC(=O)c1ccc(S(=O)(=O)N2CCCCC2C)cc1.Cl. The number of hydrogen-bond acceptors (Lipinski definition) is 4. The summed E-state index contributed by atoms with van der Waals surface area (Å²) in [6.07, 6.45) is 3.90. The van der Waals surface area contributed by atoms with E-state index in [0.29, 0.717) is 18.0 Å². The minimum absolute atomic E-state index is 0. The van der Waals surface area contributed by atoms with Crippen molar-refractivity contribution in [2.45, 2.75) is 56.5 Å². The van der Waals surface area contributed by atoms with Gasteiger partial charge in [0, 0.05) is 30.7 Å². The Kier molecular flexibility index (Phi) is 7.68. The third-order valence-electron chi connectivity index (χ3n) is 5.61. The lowest BCUT2D eigenvalue weighted by Gasteiger charge is -2.32. The van der Waals surface area contributed by atoms with E-state index in [1.54, 1.807) is 28.6 Å². The second-order valence-corrected chi connectivity index (χ2v) is 9.43. The van der Waals surface area contributed by atoms with Crippen LogP contribution in [0.15, 0.2) is 29.2 Å². The third kappa shape index (κ3) is 5.02. The second-order valence-electron chi connectivity index (χ2n) is 7.53. The van der Waals surface area contributed by atoms with Crippen molar-refractivity contribution in [2.24, 2.45) is 5.92 Å². The zero-order chi connectivity index (χ0) is 18.7. The lowest BCUT2D eigenvalue weighted by molar-refractivity contribution is 0.0915. The average molecular weight is 416 g/mol. The van der Waals surface area contributed by atoms with E-state index in [0.717, 1.165) is 38.8 Å². The van der Waals surface area contributed by atoms with Crippen molar-refractivity contribution in [3.63, 3.8) is 0 Å². The van der Waals surface area contributed by atoms with Crippen LogP contribution >= 0.6 is 12.4 Å². The molecule has 3 atom stereocenters. The molecule has 1 aromatic carbocycles. The molecule has 2 fully saturated rings. The Balaban J connectivity index is 0.00000261. The number of halogens is 1. The van der Waals surface area contributed by atoms with Crippen LogP contribution in [0, 0.1) is 5.92 Å². The molecule has 3 rings (SSSR count). The highest BCUT2D eigenvalue weighted by Gasteiger charge is 2.31. The molecule has 0 saturated carbocycles. The number of nitrogens with zero attached hydrogens (tertiary/aromatic N) is 1. The first kappa shape index (κ1) is 22.1. The van der Waals surface area contributed by atoms with Crippen molar-refractivity contribution in [3.8, 4) is 0 Å². The minimum Gasteiger partial charge on any atom is -0.348 e. The van der Waals surface area contributed by atoms with E-state index in [-0.39, 0.29) is 35.3 Å². The largest absolute Gasteiger partial charge is 0.348 e. The van der Waals surface area contributed by atoms with Crippen molar-refractivity contribution < 1.29 is 13.2 Å². The molecule has 3 unspecified atom stereocenters. The maximum absolute atomic E-state index is 12.9. The highest BCUT2D eigenvalue weighted by atomic mass is 35.5. The lowest BCUT2D eigenvalue weighted by Crippen LogP contribution is -2.50. The lowest BCUT2D eigenvalue weighted by atomic mass is 9.94. The summed E-state index contributed by atoms with van der Waals surface area (Å²) in [5, 5.41) is 6.34. The number of carbonyl (C=O) groups is 1. The first-order chi connectivity index (χ1) is 12.4. The number of nitrogens with one attached hydrogen (secondary N) is 2. The molecule has 2 heterocycles. The number of benzene rings is 1. The number of sulfonamides is 1. The van der Waals surface area contributed by atoms with Crippen LogP contribution in [0.4, 0.5) is 0 Å². The monoisotopic (exact) mass is 415 g/mol. The Labute approximate surface area is 168 Å². The molecule has 152 valence electrons. The highest BCUT2D eigenvalue weighted by molar-refractivity contribution is 7.89. The second kappa shape index (κ2) is 9.37. The van der Waals surface area contributed by atoms with Gasteiger partial charge in [-0.25, -0.2) is 8.42 Å². The zero-order valence-corrected chi connectivity index (χ0v) is 17.6. The van der Waals surface area contributed by atoms with Crippen molar-refractivity contribution in [1.29, 1.82) is 0 Å². The molecular weight excluding hydrogens is 386 g/mol. The van der Waals surface area contributed by atoms with Gasteiger partial charge in [-0.2, -0.15) is 4.31 Å². The highest BCUT2D eigenvalue weighted by Crippen LogP contribution is 2.25. The quantitative estimate of drug-likeness (QED) is 0.791. The molecule has 1 aromatic rings. The van der Waals surface area contributed by atoms with E-state index in [1.807, 2.05) is 6.92 Å². The Hall–Kier alpha value is -1.15. The summed E-state index contributed by atoms with van der Waals surface area (Å²) in [6, 6.07) is 6.45. The predicted octanol–water partition coefficient (Wildman–Crippen LogP) is 2.40. The van der Waals surface area contributed by atoms with Gasteiger partial charge in [0.15, 0.2) is 0 Å². The molecule has 2 N–H and O–H groups in total. The fourth-order valence-corrected chi connectivity index (χ4v) is 5.48. The van der Waals surface area contributed by atoms with Gasteiger partial charge in [0.1, 0.15) is 0 Å². The van der Waals surface area contributed by atoms with E-state index < -0.39 is 10.0 Å². The van der Waals surface area contributed by atoms with E-state index in [1.165, 1.54) is 0 Å². The number of rotatable bonds is 4. The van der Waals surface area contributed by atoms with Crippen LogP contribution in [-0.4, -0.2) is 50.3 Å². The van der Waals surface area contributed by atoms with Crippen LogP contribution in [0.3, 0.4) is 0 Å². The van der Waals surface area contributed by atoms with Gasteiger partial charge in [-0.15, -0.1) is 12.4 Å². The molecule has 2 aliphatic heterocycles. The fourth-order valence-electron chi connectivity index (χ4n) is 3.78. The topological polar surface area (TPSA) is 78.5 Å². The summed E-state index contributed by atoms with van der Waals surface area (Å²) in [5.74, 6) is 0.279. The zero-order valence-electron chi connectivity index (χ0n) is 16.0. The van der Waals surface area contributed by atoms with Crippen LogP contribution in [-0.2, 0) is 10.0 Å². The smallest absolute Gasteiger partial charge is 0.251 e. The van der Waals surface area contributed by atoms with Crippen LogP contribution < -0.4 is 10.6 Å². The Morgan fingerprint density at radius 1 is 1.15 bits per heavy atom. The molecule has 27 heavy (non-hydrogen) atoms. The van der Waals surface area contributed by atoms with Crippen molar-refractivity contribution in [1.82, 2.24) is 14.9 Å². The molecule has 8 heteroatoms. The van der Waals surface area contributed by atoms with E-state index in [9.17, 15) is 13.2 Å². The Bertz CT molecular complexity index is 739. The molecule has 0 bridgehead atoms. The van der Waals surface area contributed by atoms with Crippen LogP contribution in [0.5, 0.6) is 0 Å². The Morgan fingerprint density at radius 2 is 1.85 bits per heavy atom. The van der Waals surface area contributed by atoms with Crippen LogP contribution in [0.1, 0.15) is 49.9 Å². The summed E-state index contributed by atoms with van der Waals surface area (Å²) >= 11 is 0. The Morgan fingerprint density at radius 3 is 2.48 bits per heavy atom. The number of carbonyl (C=O) groups excluding carboxylic acids is 1. The van der Waals surface area contributed by atoms with Crippen molar-refractivity contribution >= 4 is 28.3 Å². The predicted molar refractivity (Wildman–Crippen MR) is 109 cm³/mol. The molecule has 0 aromatic heterocycles. The number of hydrogen-bond donors (Lipinski definition) is 2. The molecule has 0 aliphatic carbocycles. The maximum atomic E-state index is 12.9. The summed E-state index contributed by atoms with van der Waals surface area (Å²) in [7, 11) is -3.50. The summed E-state index contributed by atoms with van der Waals surface area (Å²) < 4.78 is 27.3. The van der Waals surface area contributed by atoms with Crippen molar-refractivity contribution in [2.75, 3.05) is 19.6 Å². The molecule has 0 radical (unpaired) electrons. The first-order valence-corrected chi connectivity index (χ1v) is 11.0. The van der Waals surface area contributed by atoms with Gasteiger partial charge in [0.25, 0.3) is 5.91 Å². The first-order valence-electron chi connectivity index (χ1n) is 9.53. The van der Waals surface area contributed by atoms with Gasteiger partial charge in [-0.1, -0.05) is 13.3 Å². The standard InChI is InChI=1S/C19H29N3O3S.ClH/c1-14-10-11-20-13-18(14)21-19(23)16-6-8-17(9-7-16)26(24,25)22-12-4-3-5-15(22)2;/h6-9,14-15,18,20H,3-5,10-13H2,1-2H3,(H,21,23);1H. The molecule has 1 amide bonds. The van der Waals surface area contributed by atoms with E-state index in [4.69, 9.17) is 0 Å². The maximum Gasteiger partial charge on any atom is 0.251 e. The summed E-state index contributed by atoms with van der Waals surface area (Å²) in [4.78, 5) is 12.7. The minimum atomic E-state index is -3.50. The van der Waals surface area contributed by atoms with E-state index >= 15 is 0 Å². The average Bonchev–Trinajstić information content (AvgIpc) is 2.64. The molecular formula is C19H30ClN3O3S. The fraction of sp³-hybridized carbons (Fsp3) is 0.632. The van der Waals surface area contributed by atoms with Crippen LogP contribution in [0.25, 0.3) is 0 Å². The van der Waals surface area contributed by atoms with Crippen molar-refractivity contribution in [3.05, 3.63) is 29.8 Å². The molecule has 2 saturated heterocycles. The van der Waals surface area contributed by atoms with Gasteiger partial charge >= 0.3 is 0 Å². The number of piperidine rings is 2. The summed E-state index contributed by atoms with van der Waals surface area (Å²) in [6.45, 7) is 6.42. The summed E-state index contributed by atoms with van der Waals surface area (Å²) in [5.41, 5.74) is 0.494.